The number of likely N-dealkylation sites (N-methyl/N-ethyl adjacent to an activating group) is 1. The van der Waals surface area contributed by atoms with E-state index in [2.05, 4.69) is 65.9 Å². The molecule has 45 heavy (non-hydrogen) atoms. The molecule has 0 radical (unpaired) electrons. The summed E-state index contributed by atoms with van der Waals surface area (Å²) >= 11 is 0. The average molecular weight is 607 g/mol. The van der Waals surface area contributed by atoms with Gasteiger partial charge in [0.05, 0.1) is 19.1 Å². The molecule has 3 atom stereocenters. The smallest absolute Gasteiger partial charge is 0.323 e. The van der Waals surface area contributed by atoms with Crippen molar-refractivity contribution in [2.45, 2.75) is 39.0 Å². The average Bonchev–Trinajstić information content (AvgIpc) is 3.09. The molecule has 0 unspecified atom stereocenters. The number of carbonyl (C=O) groups excluding carboxylic acids is 2. The van der Waals surface area contributed by atoms with Gasteiger partial charge in [-0.1, -0.05) is 79.7 Å². The lowest BCUT2D eigenvalue weighted by Crippen LogP contribution is -2.47. The number of nitrogens with zero attached hydrogens (tertiary/aromatic N) is 2. The van der Waals surface area contributed by atoms with Gasteiger partial charge < -0.3 is 25.4 Å². The Morgan fingerprint density at radius 3 is 2.27 bits per heavy atom. The predicted octanol–water partition coefficient (Wildman–Crippen LogP) is 6.28. The van der Waals surface area contributed by atoms with Gasteiger partial charge >= 0.3 is 6.03 Å². The maximum Gasteiger partial charge on any atom is 0.323 e. The van der Waals surface area contributed by atoms with Gasteiger partial charge in [-0.05, 0) is 61.0 Å². The lowest BCUT2D eigenvalue weighted by atomic mass is 10.0. The third kappa shape index (κ3) is 8.50. The maximum absolute atomic E-state index is 13.6. The molecule has 0 aliphatic carbocycles. The molecular weight excluding hydrogens is 564 g/mol. The van der Waals surface area contributed by atoms with Crippen LogP contribution >= 0.6 is 0 Å². The molecule has 234 valence electrons. The summed E-state index contributed by atoms with van der Waals surface area (Å²) in [5.74, 6) is 0.520. The zero-order valence-electron chi connectivity index (χ0n) is 26.1. The minimum atomic E-state index is -0.378. The number of para-hydroxylation sites is 1. The Bertz CT molecular complexity index is 1560. The molecule has 4 aromatic rings. The van der Waals surface area contributed by atoms with Crippen LogP contribution in [0.1, 0.15) is 25.0 Å². The monoisotopic (exact) mass is 606 g/mol. The Hall–Kier alpha value is -4.66. The predicted molar refractivity (Wildman–Crippen MR) is 179 cm³/mol. The summed E-state index contributed by atoms with van der Waals surface area (Å²) in [6, 6.07) is 32.9. The van der Waals surface area contributed by atoms with Crippen LogP contribution in [-0.2, 0) is 17.8 Å². The van der Waals surface area contributed by atoms with Crippen LogP contribution in [0.4, 0.5) is 16.2 Å². The van der Waals surface area contributed by atoms with Crippen molar-refractivity contribution >= 4 is 23.3 Å². The fourth-order valence-corrected chi connectivity index (χ4v) is 5.66. The van der Waals surface area contributed by atoms with E-state index in [1.165, 1.54) is 16.7 Å². The van der Waals surface area contributed by atoms with E-state index in [4.69, 9.17) is 4.74 Å². The molecule has 0 saturated heterocycles. The van der Waals surface area contributed by atoms with E-state index < -0.39 is 0 Å². The quantitative estimate of drug-likeness (QED) is 0.209. The van der Waals surface area contributed by atoms with E-state index in [-0.39, 0.29) is 43.0 Å². The van der Waals surface area contributed by atoms with Gasteiger partial charge in [0.2, 0.25) is 5.91 Å². The lowest BCUT2D eigenvalue weighted by Gasteiger charge is -2.34. The highest BCUT2D eigenvalue weighted by Gasteiger charge is 2.31. The Balaban J connectivity index is 1.33. The van der Waals surface area contributed by atoms with Crippen LogP contribution in [0.25, 0.3) is 11.1 Å². The molecule has 0 fully saturated rings. The second-order valence-corrected chi connectivity index (χ2v) is 11.9. The number of aliphatic hydroxyl groups is 1. The summed E-state index contributed by atoms with van der Waals surface area (Å²) in [6.45, 7) is 5.66. The summed E-state index contributed by atoms with van der Waals surface area (Å²) in [7, 11) is 2.08. The molecule has 1 aliphatic rings. The highest BCUT2D eigenvalue weighted by atomic mass is 16.5. The minimum Gasteiger partial charge on any atom is -0.488 e. The molecule has 0 aromatic heterocycles. The van der Waals surface area contributed by atoms with Crippen molar-refractivity contribution in [1.82, 2.24) is 9.80 Å². The van der Waals surface area contributed by atoms with Crippen LogP contribution in [0.3, 0.4) is 0 Å². The number of benzene rings is 4. The van der Waals surface area contributed by atoms with Crippen molar-refractivity contribution in [3.63, 3.8) is 0 Å². The number of urea groups is 1. The zero-order valence-corrected chi connectivity index (χ0v) is 26.1. The number of anilines is 2. The molecular formula is C37H42N4O4. The molecule has 5 rings (SSSR count). The van der Waals surface area contributed by atoms with Gasteiger partial charge in [-0.25, -0.2) is 4.79 Å². The third-order valence-electron chi connectivity index (χ3n) is 8.21. The van der Waals surface area contributed by atoms with Crippen LogP contribution < -0.4 is 15.4 Å². The van der Waals surface area contributed by atoms with Gasteiger partial charge in [0.15, 0.2) is 0 Å². The van der Waals surface area contributed by atoms with Crippen molar-refractivity contribution in [1.29, 1.82) is 0 Å². The number of carbonyl (C=O) groups is 2. The van der Waals surface area contributed by atoms with Crippen LogP contribution in [0.15, 0.2) is 103 Å². The molecule has 8 heteroatoms. The molecule has 0 spiro atoms. The number of nitrogens with one attached hydrogen (secondary N) is 2. The summed E-state index contributed by atoms with van der Waals surface area (Å²) in [6.07, 6.45) is -0.129. The highest BCUT2D eigenvalue weighted by molar-refractivity contribution is 6.00. The summed E-state index contributed by atoms with van der Waals surface area (Å²) in [4.78, 5) is 30.2. The van der Waals surface area contributed by atoms with Gasteiger partial charge in [0.25, 0.3) is 0 Å². The third-order valence-corrected chi connectivity index (χ3v) is 8.21. The van der Waals surface area contributed by atoms with Crippen LogP contribution in [0.5, 0.6) is 5.75 Å². The number of rotatable bonds is 9. The molecule has 1 aliphatic heterocycles. The van der Waals surface area contributed by atoms with Gasteiger partial charge in [0.1, 0.15) is 11.9 Å². The van der Waals surface area contributed by atoms with Crippen molar-refractivity contribution in [3.05, 3.63) is 114 Å². The Morgan fingerprint density at radius 1 is 0.933 bits per heavy atom. The minimum absolute atomic E-state index is 0.00809. The number of hydrogen-bond donors (Lipinski definition) is 3. The van der Waals surface area contributed by atoms with Gasteiger partial charge in [-0.2, -0.15) is 0 Å². The van der Waals surface area contributed by atoms with E-state index in [0.29, 0.717) is 35.8 Å². The first-order chi connectivity index (χ1) is 21.8. The van der Waals surface area contributed by atoms with Gasteiger partial charge in [-0.15, -0.1) is 0 Å². The van der Waals surface area contributed by atoms with Gasteiger partial charge in [-0.3, -0.25) is 9.69 Å². The standard InChI is InChI=1S/C37H42N4O4/c1-26-22-41(27(2)25-42)36(43)21-31-20-33(39-37(44)38-32-12-8-5-9-13-32)18-19-34(31)45-35(26)24-40(3)23-28-14-16-30(17-15-28)29-10-6-4-7-11-29/h4-20,26-27,35,42H,21-25H2,1-3H3,(H2,38,39,44)/t26-,27-,35-/m0/s1. The number of ether oxygens (including phenoxy) is 1. The zero-order chi connectivity index (χ0) is 31.8. The first kappa shape index (κ1) is 31.8. The number of aliphatic hydroxyl groups excluding tert-OH is 1. The second kappa shape index (κ2) is 14.9. The summed E-state index contributed by atoms with van der Waals surface area (Å²) < 4.78 is 6.67. The van der Waals surface area contributed by atoms with Crippen LogP contribution in [0.2, 0.25) is 0 Å². The van der Waals surface area contributed by atoms with Crippen molar-refractivity contribution in [2.75, 3.05) is 37.4 Å². The lowest BCUT2D eigenvalue weighted by molar-refractivity contribution is -0.134. The van der Waals surface area contributed by atoms with Crippen LogP contribution in [0, 0.1) is 5.92 Å². The largest absolute Gasteiger partial charge is 0.488 e. The Morgan fingerprint density at radius 2 is 1.58 bits per heavy atom. The van der Waals surface area contributed by atoms with Crippen molar-refractivity contribution in [2.24, 2.45) is 5.92 Å². The van der Waals surface area contributed by atoms with E-state index >= 15 is 0 Å². The highest BCUT2D eigenvalue weighted by Crippen LogP contribution is 2.30. The van der Waals surface area contributed by atoms with Crippen molar-refractivity contribution in [3.8, 4) is 16.9 Å². The van der Waals surface area contributed by atoms with Crippen LogP contribution in [-0.4, -0.2) is 65.7 Å². The summed E-state index contributed by atoms with van der Waals surface area (Å²) in [5.41, 5.74) is 5.49. The topological polar surface area (TPSA) is 94.1 Å². The Kier molecular flexibility index (Phi) is 10.5. The first-order valence-electron chi connectivity index (χ1n) is 15.4. The number of amides is 3. The molecule has 1 heterocycles. The van der Waals surface area contributed by atoms with E-state index in [1.54, 1.807) is 17.0 Å². The SMILES string of the molecule is C[C@H]1CN([C@@H](C)CO)C(=O)Cc2cc(NC(=O)Nc3ccccc3)ccc2O[C@H]1CN(C)Cc1ccc(-c2ccccc2)cc1. The molecule has 4 aromatic carbocycles. The Labute approximate surface area is 265 Å². The maximum atomic E-state index is 13.6. The fraction of sp³-hybridized carbons (Fsp3) is 0.297. The second-order valence-electron chi connectivity index (χ2n) is 11.9. The first-order valence-corrected chi connectivity index (χ1v) is 15.4. The summed E-state index contributed by atoms with van der Waals surface area (Å²) in [5, 5.41) is 15.6. The van der Waals surface area contributed by atoms with Crippen molar-refractivity contribution < 1.29 is 19.4 Å². The number of hydrogen-bond acceptors (Lipinski definition) is 5. The molecule has 3 N–H and O–H groups in total. The number of fused-ring (bicyclic) bond motifs is 1. The molecule has 8 nitrogen and oxygen atoms in total. The molecule has 0 saturated carbocycles. The van der Waals surface area contributed by atoms with Gasteiger partial charge in [0, 0.05) is 42.5 Å². The molecule has 3 amide bonds. The van der Waals surface area contributed by atoms with E-state index in [9.17, 15) is 14.7 Å². The normalized spacial score (nSPS) is 17.4. The fourth-order valence-electron chi connectivity index (χ4n) is 5.66. The van der Waals surface area contributed by atoms with E-state index in [0.717, 1.165) is 6.54 Å². The van der Waals surface area contributed by atoms with E-state index in [1.807, 2.05) is 61.5 Å². The molecule has 0 bridgehead atoms.